The van der Waals surface area contributed by atoms with Crippen LogP contribution in [0.15, 0.2) is 36.0 Å². The van der Waals surface area contributed by atoms with Crippen LogP contribution < -0.4 is 0 Å². The maximum Gasteiger partial charge on any atom is 0.306 e. The summed E-state index contributed by atoms with van der Waals surface area (Å²) in [4.78, 5) is 12.0. The molecule has 0 unspecified atom stereocenters. The lowest BCUT2D eigenvalue weighted by Gasteiger charge is -2.15. The summed E-state index contributed by atoms with van der Waals surface area (Å²) in [5.74, 6) is 2.51. The number of ether oxygens (including phenoxy) is 1. The molecular weight excluding hydrogens is 488 g/mol. The fourth-order valence-corrected chi connectivity index (χ4v) is 5.24. The van der Waals surface area contributed by atoms with E-state index in [-0.39, 0.29) is 5.97 Å². The first-order valence-electron chi connectivity index (χ1n) is 17.5. The van der Waals surface area contributed by atoms with Gasteiger partial charge in [0.15, 0.2) is 0 Å². The zero-order valence-corrected chi connectivity index (χ0v) is 28.0. The highest BCUT2D eigenvalue weighted by Crippen LogP contribution is 2.22. The molecule has 2 nitrogen and oxygen atoms in total. The van der Waals surface area contributed by atoms with Crippen molar-refractivity contribution in [2.24, 2.45) is 17.8 Å². The predicted octanol–water partition coefficient (Wildman–Crippen LogP) is 12.7. The first-order chi connectivity index (χ1) is 19.3. The third-order valence-corrected chi connectivity index (χ3v) is 8.15. The van der Waals surface area contributed by atoms with Gasteiger partial charge in [0.25, 0.3) is 0 Å². The van der Waals surface area contributed by atoms with Crippen LogP contribution in [0.3, 0.4) is 0 Å². The second kappa shape index (κ2) is 29.2. The lowest BCUT2D eigenvalue weighted by molar-refractivity contribution is -0.142. The molecule has 234 valence electrons. The van der Waals surface area contributed by atoms with E-state index in [0.717, 1.165) is 43.4 Å². The van der Waals surface area contributed by atoms with Gasteiger partial charge in [-0.15, -0.1) is 0 Å². The Bertz CT molecular complexity index is 642. The van der Waals surface area contributed by atoms with E-state index in [1.807, 2.05) is 0 Å². The van der Waals surface area contributed by atoms with Crippen molar-refractivity contribution in [2.75, 3.05) is 6.61 Å². The van der Waals surface area contributed by atoms with Crippen LogP contribution in [0.4, 0.5) is 0 Å². The number of unbranched alkanes of at least 4 members (excludes halogenated alkanes) is 8. The van der Waals surface area contributed by atoms with Gasteiger partial charge < -0.3 is 4.74 Å². The molecule has 0 bridgehead atoms. The van der Waals surface area contributed by atoms with E-state index in [9.17, 15) is 4.79 Å². The molecule has 2 atom stereocenters. The molecule has 0 aliphatic rings. The van der Waals surface area contributed by atoms with Crippen LogP contribution in [0, 0.1) is 17.8 Å². The Morgan fingerprint density at radius 3 is 1.80 bits per heavy atom. The van der Waals surface area contributed by atoms with E-state index < -0.39 is 0 Å². The van der Waals surface area contributed by atoms with Gasteiger partial charge in [-0.1, -0.05) is 142 Å². The summed E-state index contributed by atoms with van der Waals surface area (Å²) in [5.41, 5.74) is 1.36. The minimum absolute atomic E-state index is 0.0400. The Kier molecular flexibility index (Phi) is 28.2. The quantitative estimate of drug-likeness (QED) is 0.0542. The van der Waals surface area contributed by atoms with Crippen LogP contribution in [-0.4, -0.2) is 12.6 Å². The zero-order valence-electron chi connectivity index (χ0n) is 28.0. The van der Waals surface area contributed by atoms with Gasteiger partial charge in [-0.05, 0) is 82.1 Å². The summed E-state index contributed by atoms with van der Waals surface area (Å²) in [6.07, 6.45) is 37.1. The second-order valence-electron chi connectivity index (χ2n) is 13.1. The number of carbonyl (C=O) groups is 1. The normalized spacial score (nSPS) is 14.0. The largest absolute Gasteiger partial charge is 0.461 e. The molecule has 0 fully saturated rings. The minimum Gasteiger partial charge on any atom is -0.461 e. The van der Waals surface area contributed by atoms with Gasteiger partial charge in [0, 0.05) is 6.42 Å². The van der Waals surface area contributed by atoms with Gasteiger partial charge in [-0.3, -0.25) is 4.79 Å². The second-order valence-corrected chi connectivity index (χ2v) is 13.1. The third-order valence-electron chi connectivity index (χ3n) is 8.15. The van der Waals surface area contributed by atoms with Crippen LogP contribution >= 0.6 is 0 Å². The van der Waals surface area contributed by atoms with E-state index in [1.54, 1.807) is 0 Å². The fourth-order valence-electron chi connectivity index (χ4n) is 5.24. The molecule has 0 aliphatic carbocycles. The molecule has 40 heavy (non-hydrogen) atoms. The van der Waals surface area contributed by atoms with Crippen LogP contribution in [-0.2, 0) is 9.53 Å². The molecule has 0 aromatic carbocycles. The monoisotopic (exact) mass is 559 g/mol. The van der Waals surface area contributed by atoms with E-state index in [0.29, 0.717) is 13.0 Å². The Balaban J connectivity index is 3.61. The lowest BCUT2D eigenvalue weighted by Crippen LogP contribution is -2.04. The van der Waals surface area contributed by atoms with Crippen molar-refractivity contribution < 1.29 is 9.53 Å². The molecule has 0 spiro atoms. The Hall–Kier alpha value is -1.31. The summed E-state index contributed by atoms with van der Waals surface area (Å²) in [7, 11) is 0. The van der Waals surface area contributed by atoms with Crippen molar-refractivity contribution in [1.82, 2.24) is 0 Å². The van der Waals surface area contributed by atoms with E-state index in [2.05, 4.69) is 71.9 Å². The van der Waals surface area contributed by atoms with E-state index in [1.165, 1.54) is 108 Å². The number of allylic oxidation sites excluding steroid dienone is 5. The molecule has 0 saturated carbocycles. The molecule has 0 aromatic rings. The highest BCUT2D eigenvalue weighted by atomic mass is 16.5. The smallest absolute Gasteiger partial charge is 0.306 e. The van der Waals surface area contributed by atoms with Gasteiger partial charge in [-0.25, -0.2) is 0 Å². The molecule has 0 aromatic heterocycles. The molecular formula is C38H70O2. The van der Waals surface area contributed by atoms with Crippen molar-refractivity contribution in [3.05, 3.63) is 36.0 Å². The Morgan fingerprint density at radius 1 is 0.625 bits per heavy atom. The SMILES string of the molecule is CCCCC/C=C\C/C=C\CCCCCCCC(=O)OC/C=C(\C)CCC[C@H](C)CCC[C@H](C)CCCC(C)C. The number of esters is 1. The molecule has 2 heteroatoms. The minimum atomic E-state index is -0.0400. The third kappa shape index (κ3) is 29.7. The molecule has 0 radical (unpaired) electrons. The van der Waals surface area contributed by atoms with E-state index in [4.69, 9.17) is 4.74 Å². The molecule has 0 aliphatic heterocycles. The summed E-state index contributed by atoms with van der Waals surface area (Å²) in [6, 6.07) is 0. The van der Waals surface area contributed by atoms with Gasteiger partial charge in [0.1, 0.15) is 6.61 Å². The van der Waals surface area contributed by atoms with Crippen molar-refractivity contribution in [1.29, 1.82) is 0 Å². The summed E-state index contributed by atoms with van der Waals surface area (Å²) in [6.45, 7) is 14.4. The maximum absolute atomic E-state index is 12.0. The standard InChI is InChI=1S/C38H70O2/c1-7-8-9-10-11-12-13-14-15-16-17-18-19-20-21-31-38(39)40-33-32-37(6)30-24-29-36(5)28-23-27-35(4)26-22-25-34(2)3/h11-12,14-15,32,34-36H,7-10,13,16-31,33H2,1-6H3/b12-11-,15-14-,37-32+/t35-,36-/m1/s1. The van der Waals surface area contributed by atoms with Crippen LogP contribution in [0.1, 0.15) is 176 Å². The summed E-state index contributed by atoms with van der Waals surface area (Å²) < 4.78 is 5.45. The summed E-state index contributed by atoms with van der Waals surface area (Å²) in [5, 5.41) is 0. The van der Waals surface area contributed by atoms with Crippen molar-refractivity contribution >= 4 is 5.97 Å². The fraction of sp³-hybridized carbons (Fsp3) is 0.816. The number of rotatable bonds is 28. The van der Waals surface area contributed by atoms with Crippen molar-refractivity contribution in [2.45, 2.75) is 176 Å². The highest BCUT2D eigenvalue weighted by Gasteiger charge is 2.07. The molecule has 0 saturated heterocycles. The maximum atomic E-state index is 12.0. The van der Waals surface area contributed by atoms with Crippen LogP contribution in [0.25, 0.3) is 0 Å². The first kappa shape index (κ1) is 38.7. The highest BCUT2D eigenvalue weighted by molar-refractivity contribution is 5.69. The van der Waals surface area contributed by atoms with Gasteiger partial charge >= 0.3 is 5.97 Å². The summed E-state index contributed by atoms with van der Waals surface area (Å²) >= 11 is 0. The Labute approximate surface area is 251 Å². The molecule has 0 N–H and O–H groups in total. The Morgan fingerprint density at radius 2 is 1.18 bits per heavy atom. The molecule has 0 rings (SSSR count). The van der Waals surface area contributed by atoms with Gasteiger partial charge in [0.05, 0.1) is 0 Å². The van der Waals surface area contributed by atoms with Crippen molar-refractivity contribution in [3.63, 3.8) is 0 Å². The topological polar surface area (TPSA) is 26.3 Å². The van der Waals surface area contributed by atoms with E-state index >= 15 is 0 Å². The van der Waals surface area contributed by atoms with Gasteiger partial charge in [0.2, 0.25) is 0 Å². The lowest BCUT2D eigenvalue weighted by atomic mass is 9.91. The number of carbonyl (C=O) groups excluding carboxylic acids is 1. The number of hydrogen-bond acceptors (Lipinski definition) is 2. The molecule has 0 amide bonds. The van der Waals surface area contributed by atoms with Crippen LogP contribution in [0.5, 0.6) is 0 Å². The number of hydrogen-bond donors (Lipinski definition) is 0. The van der Waals surface area contributed by atoms with Gasteiger partial charge in [-0.2, -0.15) is 0 Å². The average molecular weight is 559 g/mol. The van der Waals surface area contributed by atoms with Crippen LogP contribution in [0.2, 0.25) is 0 Å². The average Bonchev–Trinajstić information content (AvgIpc) is 2.90. The first-order valence-corrected chi connectivity index (χ1v) is 17.5. The predicted molar refractivity (Wildman–Crippen MR) is 179 cm³/mol. The van der Waals surface area contributed by atoms with Crippen molar-refractivity contribution in [3.8, 4) is 0 Å². The zero-order chi connectivity index (χ0) is 29.7. The molecule has 0 heterocycles.